The summed E-state index contributed by atoms with van der Waals surface area (Å²) >= 11 is 0. The fourth-order valence-electron chi connectivity index (χ4n) is 2.32. The average molecular weight is 280 g/mol. The molecule has 0 aliphatic carbocycles. The fourth-order valence-corrected chi connectivity index (χ4v) is 2.32. The van der Waals surface area contributed by atoms with Crippen LogP contribution in [0.5, 0.6) is 5.75 Å². The van der Waals surface area contributed by atoms with Crippen LogP contribution in [0.4, 0.5) is 0 Å². The average Bonchev–Trinajstić information content (AvgIpc) is 2.54. The number of carbonyl (C=O) groups is 1. The molecule has 106 valence electrons. The monoisotopic (exact) mass is 280 g/mol. The van der Waals surface area contributed by atoms with Gasteiger partial charge in [-0.2, -0.15) is 0 Å². The van der Waals surface area contributed by atoms with Gasteiger partial charge in [0.25, 0.3) is 5.91 Å². The van der Waals surface area contributed by atoms with Crippen molar-refractivity contribution in [2.75, 3.05) is 13.7 Å². The molecule has 1 aliphatic rings. The smallest absolute Gasteiger partial charge is 0.253 e. The molecule has 0 N–H and O–H groups in total. The number of hydrogen-bond donors (Lipinski definition) is 0. The summed E-state index contributed by atoms with van der Waals surface area (Å²) in [5.41, 5.74) is 2.62. The summed E-state index contributed by atoms with van der Waals surface area (Å²) in [6.45, 7) is 0.846. The van der Waals surface area contributed by atoms with Crippen molar-refractivity contribution < 1.29 is 9.53 Å². The van der Waals surface area contributed by atoms with Crippen molar-refractivity contribution in [3.8, 4) is 5.75 Å². The van der Waals surface area contributed by atoms with Crippen molar-refractivity contribution >= 4 is 12.0 Å². The Morgan fingerprint density at radius 2 is 2.14 bits per heavy atom. The number of pyridine rings is 1. The first-order valence-corrected chi connectivity index (χ1v) is 6.81. The molecule has 0 bridgehead atoms. The number of carbonyl (C=O) groups excluding carboxylic acids is 1. The molecule has 0 atom stereocenters. The molecule has 0 radical (unpaired) electrons. The van der Waals surface area contributed by atoms with E-state index < -0.39 is 0 Å². The highest BCUT2D eigenvalue weighted by atomic mass is 16.5. The minimum atomic E-state index is -0.0200. The van der Waals surface area contributed by atoms with Gasteiger partial charge in [-0.1, -0.05) is 24.3 Å². The van der Waals surface area contributed by atoms with Gasteiger partial charge in [-0.3, -0.25) is 9.78 Å². The minimum Gasteiger partial charge on any atom is -0.488 e. The summed E-state index contributed by atoms with van der Waals surface area (Å²) in [6.07, 6.45) is 5.39. The molecule has 0 saturated carbocycles. The first kappa shape index (κ1) is 13.4. The lowest BCUT2D eigenvalue weighted by atomic mass is 10.1. The van der Waals surface area contributed by atoms with Crippen molar-refractivity contribution in [1.82, 2.24) is 9.88 Å². The molecule has 4 nitrogen and oxygen atoms in total. The topological polar surface area (TPSA) is 42.4 Å². The van der Waals surface area contributed by atoms with E-state index in [0.717, 1.165) is 16.9 Å². The van der Waals surface area contributed by atoms with Crippen molar-refractivity contribution in [2.24, 2.45) is 0 Å². The molecular formula is C17H16N2O2. The number of hydrogen-bond acceptors (Lipinski definition) is 3. The lowest BCUT2D eigenvalue weighted by Gasteiger charge is -2.22. The molecule has 0 unspecified atom stereocenters. The number of para-hydroxylation sites is 1. The molecule has 0 saturated heterocycles. The SMILES string of the molecule is CN(Cc1cccnc1)C(=O)C1=Cc2ccccc2OC1. The van der Waals surface area contributed by atoms with Crippen molar-refractivity contribution in [3.63, 3.8) is 0 Å². The van der Waals surface area contributed by atoms with Gasteiger partial charge in [0.05, 0.1) is 5.57 Å². The fraction of sp³-hybridized carbons (Fsp3) is 0.176. The zero-order valence-corrected chi connectivity index (χ0v) is 11.8. The third kappa shape index (κ3) is 2.94. The van der Waals surface area contributed by atoms with Gasteiger partial charge in [0, 0.05) is 31.5 Å². The van der Waals surface area contributed by atoms with E-state index >= 15 is 0 Å². The summed E-state index contributed by atoms with van der Waals surface area (Å²) < 4.78 is 5.63. The van der Waals surface area contributed by atoms with E-state index in [1.165, 1.54) is 0 Å². The van der Waals surface area contributed by atoms with Gasteiger partial charge in [0.2, 0.25) is 0 Å². The van der Waals surface area contributed by atoms with E-state index in [1.54, 1.807) is 24.3 Å². The second kappa shape index (κ2) is 5.79. The predicted octanol–water partition coefficient (Wildman–Crippen LogP) is 2.52. The van der Waals surface area contributed by atoms with Gasteiger partial charge in [-0.15, -0.1) is 0 Å². The second-order valence-electron chi connectivity index (χ2n) is 5.02. The van der Waals surface area contributed by atoms with Crippen LogP contribution in [0.15, 0.2) is 54.4 Å². The van der Waals surface area contributed by atoms with Crippen molar-refractivity contribution in [3.05, 3.63) is 65.5 Å². The van der Waals surface area contributed by atoms with Crippen molar-refractivity contribution in [1.29, 1.82) is 0 Å². The van der Waals surface area contributed by atoms with E-state index in [4.69, 9.17) is 4.74 Å². The third-order valence-corrected chi connectivity index (χ3v) is 3.40. The molecular weight excluding hydrogens is 264 g/mol. The van der Waals surface area contributed by atoms with E-state index in [2.05, 4.69) is 4.98 Å². The number of likely N-dealkylation sites (N-methyl/N-ethyl adjacent to an activating group) is 1. The van der Waals surface area contributed by atoms with Crippen LogP contribution in [-0.4, -0.2) is 29.4 Å². The van der Waals surface area contributed by atoms with E-state index in [9.17, 15) is 4.79 Å². The van der Waals surface area contributed by atoms with Gasteiger partial charge in [0.1, 0.15) is 12.4 Å². The number of aromatic nitrogens is 1. The zero-order chi connectivity index (χ0) is 14.7. The van der Waals surface area contributed by atoms with Crippen LogP contribution < -0.4 is 4.74 Å². The molecule has 3 rings (SSSR count). The maximum Gasteiger partial charge on any atom is 0.253 e. The Hall–Kier alpha value is -2.62. The molecule has 21 heavy (non-hydrogen) atoms. The zero-order valence-electron chi connectivity index (χ0n) is 11.8. The molecule has 0 spiro atoms. The lowest BCUT2D eigenvalue weighted by Crippen LogP contribution is -2.30. The van der Waals surface area contributed by atoms with Crippen LogP contribution in [0, 0.1) is 0 Å². The largest absolute Gasteiger partial charge is 0.488 e. The Kier molecular flexibility index (Phi) is 3.69. The lowest BCUT2D eigenvalue weighted by molar-refractivity contribution is -0.126. The van der Waals surface area contributed by atoms with Crippen LogP contribution in [-0.2, 0) is 11.3 Å². The normalized spacial score (nSPS) is 12.9. The first-order chi connectivity index (χ1) is 10.2. The number of benzene rings is 1. The van der Waals surface area contributed by atoms with Crippen LogP contribution in [0.25, 0.3) is 6.08 Å². The molecule has 1 aliphatic heterocycles. The molecule has 1 amide bonds. The van der Waals surface area contributed by atoms with Gasteiger partial charge < -0.3 is 9.64 Å². The number of nitrogens with zero attached hydrogens (tertiary/aromatic N) is 2. The minimum absolute atomic E-state index is 0.0200. The van der Waals surface area contributed by atoms with E-state index in [0.29, 0.717) is 18.7 Å². The number of rotatable bonds is 3. The quantitative estimate of drug-likeness (QED) is 0.867. The summed E-state index contributed by atoms with van der Waals surface area (Å²) in [5, 5.41) is 0. The maximum absolute atomic E-state index is 12.5. The highest BCUT2D eigenvalue weighted by Gasteiger charge is 2.20. The Bertz CT molecular complexity index is 680. The summed E-state index contributed by atoms with van der Waals surface area (Å²) in [7, 11) is 1.79. The third-order valence-electron chi connectivity index (χ3n) is 3.40. The molecule has 1 aromatic heterocycles. The van der Waals surface area contributed by atoms with Gasteiger partial charge in [-0.05, 0) is 23.8 Å². The first-order valence-electron chi connectivity index (χ1n) is 6.81. The van der Waals surface area contributed by atoms with Crippen LogP contribution >= 0.6 is 0 Å². The van der Waals surface area contributed by atoms with Crippen LogP contribution in [0.3, 0.4) is 0 Å². The Morgan fingerprint density at radius 1 is 1.29 bits per heavy atom. The van der Waals surface area contributed by atoms with Crippen LogP contribution in [0.1, 0.15) is 11.1 Å². The Morgan fingerprint density at radius 3 is 2.95 bits per heavy atom. The van der Waals surface area contributed by atoms with E-state index in [1.807, 2.05) is 42.5 Å². The second-order valence-corrected chi connectivity index (χ2v) is 5.02. The molecule has 2 heterocycles. The summed E-state index contributed by atoms with van der Waals surface area (Å²) in [6, 6.07) is 11.5. The highest BCUT2D eigenvalue weighted by Crippen LogP contribution is 2.26. The summed E-state index contributed by atoms with van der Waals surface area (Å²) in [4.78, 5) is 18.2. The maximum atomic E-state index is 12.5. The Labute approximate surface area is 123 Å². The predicted molar refractivity (Wildman–Crippen MR) is 80.6 cm³/mol. The highest BCUT2D eigenvalue weighted by molar-refractivity contribution is 5.98. The number of fused-ring (bicyclic) bond motifs is 1. The molecule has 0 fully saturated rings. The molecule has 4 heteroatoms. The van der Waals surface area contributed by atoms with Gasteiger partial charge >= 0.3 is 0 Å². The van der Waals surface area contributed by atoms with Gasteiger partial charge in [-0.25, -0.2) is 0 Å². The summed E-state index contributed by atoms with van der Waals surface area (Å²) in [5.74, 6) is 0.803. The number of amides is 1. The van der Waals surface area contributed by atoms with Gasteiger partial charge in [0.15, 0.2) is 0 Å². The van der Waals surface area contributed by atoms with E-state index in [-0.39, 0.29) is 5.91 Å². The Balaban J connectivity index is 1.75. The number of ether oxygens (including phenoxy) is 1. The van der Waals surface area contributed by atoms with Crippen LogP contribution in [0.2, 0.25) is 0 Å². The molecule has 1 aromatic carbocycles. The standard InChI is InChI=1S/C17H16N2O2/c1-19(11-13-5-4-8-18-10-13)17(20)15-9-14-6-2-3-7-16(14)21-12-15/h2-10H,11-12H2,1H3. The van der Waals surface area contributed by atoms with Crippen molar-refractivity contribution in [2.45, 2.75) is 6.54 Å². The molecule has 2 aromatic rings.